The number of ether oxygens (including phenoxy) is 2. The van der Waals surface area contributed by atoms with Crippen molar-refractivity contribution in [3.63, 3.8) is 0 Å². The number of nitrogens with zero attached hydrogens (tertiary/aromatic N) is 1. The maximum atomic E-state index is 10.9. The molecule has 1 heterocycles. The van der Waals surface area contributed by atoms with Crippen molar-refractivity contribution in [1.29, 1.82) is 5.26 Å². The maximum absolute atomic E-state index is 10.9. The van der Waals surface area contributed by atoms with E-state index in [0.717, 1.165) is 6.42 Å². The third-order valence-electron chi connectivity index (χ3n) is 4.02. The summed E-state index contributed by atoms with van der Waals surface area (Å²) in [7, 11) is 1.58. The molecule has 4 nitrogen and oxygen atoms in total. The molecule has 0 radical (unpaired) electrons. The summed E-state index contributed by atoms with van der Waals surface area (Å²) >= 11 is 0. The van der Waals surface area contributed by atoms with E-state index in [1.54, 1.807) is 20.1 Å². The van der Waals surface area contributed by atoms with Crippen LogP contribution in [0.15, 0.2) is 24.3 Å². The SMILES string of the molecule is COc1cccc(C(C)(O)C2(C#N)CCCOC2)c1. The Morgan fingerprint density at radius 3 is 2.89 bits per heavy atom. The lowest BCUT2D eigenvalue weighted by atomic mass is 9.67. The first kappa shape index (κ1) is 13.9. The first-order chi connectivity index (χ1) is 9.05. The molecule has 1 N–H and O–H groups in total. The second kappa shape index (κ2) is 5.20. The Bertz CT molecular complexity index is 484. The molecular weight excluding hydrogens is 242 g/mol. The van der Waals surface area contributed by atoms with Crippen LogP contribution in [0.4, 0.5) is 0 Å². The predicted molar refractivity (Wildman–Crippen MR) is 70.7 cm³/mol. The molecule has 0 aromatic heterocycles. The maximum Gasteiger partial charge on any atom is 0.119 e. The Labute approximate surface area is 113 Å². The summed E-state index contributed by atoms with van der Waals surface area (Å²) in [4.78, 5) is 0. The van der Waals surface area contributed by atoms with Crippen molar-refractivity contribution >= 4 is 0 Å². The summed E-state index contributed by atoms with van der Waals surface area (Å²) in [6, 6.07) is 9.50. The highest BCUT2D eigenvalue weighted by Gasteiger charge is 2.50. The summed E-state index contributed by atoms with van der Waals surface area (Å²) in [5, 5.41) is 20.5. The number of benzene rings is 1. The van der Waals surface area contributed by atoms with Crippen molar-refractivity contribution in [2.24, 2.45) is 5.41 Å². The topological polar surface area (TPSA) is 62.5 Å². The van der Waals surface area contributed by atoms with Gasteiger partial charge >= 0.3 is 0 Å². The second-order valence-electron chi connectivity index (χ2n) is 5.15. The van der Waals surface area contributed by atoms with Crippen LogP contribution in [-0.2, 0) is 10.3 Å². The van der Waals surface area contributed by atoms with E-state index < -0.39 is 11.0 Å². The predicted octanol–water partition coefficient (Wildman–Crippen LogP) is 2.22. The molecule has 0 amide bonds. The minimum atomic E-state index is -1.27. The Hall–Kier alpha value is -1.57. The largest absolute Gasteiger partial charge is 0.497 e. The van der Waals surface area contributed by atoms with Gasteiger partial charge in [0.05, 0.1) is 19.8 Å². The summed E-state index contributed by atoms with van der Waals surface area (Å²) < 4.78 is 10.6. The average Bonchev–Trinajstić information content (AvgIpc) is 2.47. The van der Waals surface area contributed by atoms with Gasteiger partial charge in [0.1, 0.15) is 16.8 Å². The fraction of sp³-hybridized carbons (Fsp3) is 0.533. The van der Waals surface area contributed by atoms with Gasteiger partial charge in [0.25, 0.3) is 0 Å². The van der Waals surface area contributed by atoms with Crippen molar-refractivity contribution in [3.05, 3.63) is 29.8 Å². The molecule has 1 aliphatic rings. The van der Waals surface area contributed by atoms with Gasteiger partial charge in [-0.3, -0.25) is 0 Å². The van der Waals surface area contributed by atoms with E-state index in [2.05, 4.69) is 6.07 Å². The van der Waals surface area contributed by atoms with Crippen LogP contribution in [0.5, 0.6) is 5.75 Å². The Kier molecular flexibility index (Phi) is 3.79. The molecular formula is C15H19NO3. The van der Waals surface area contributed by atoms with Crippen LogP contribution < -0.4 is 4.74 Å². The van der Waals surface area contributed by atoms with Gasteiger partial charge in [-0.05, 0) is 37.5 Å². The highest BCUT2D eigenvalue weighted by Crippen LogP contribution is 2.45. The van der Waals surface area contributed by atoms with Gasteiger partial charge in [0.2, 0.25) is 0 Å². The van der Waals surface area contributed by atoms with Crippen molar-refractivity contribution in [2.75, 3.05) is 20.3 Å². The first-order valence-electron chi connectivity index (χ1n) is 6.42. The average molecular weight is 261 g/mol. The number of hydrogen-bond donors (Lipinski definition) is 1. The lowest BCUT2D eigenvalue weighted by molar-refractivity contribution is -0.113. The smallest absolute Gasteiger partial charge is 0.119 e. The van der Waals surface area contributed by atoms with Crippen molar-refractivity contribution in [2.45, 2.75) is 25.4 Å². The second-order valence-corrected chi connectivity index (χ2v) is 5.15. The van der Waals surface area contributed by atoms with Crippen molar-refractivity contribution in [1.82, 2.24) is 0 Å². The molecule has 2 unspecified atom stereocenters. The molecule has 2 rings (SSSR count). The van der Waals surface area contributed by atoms with Crippen molar-refractivity contribution < 1.29 is 14.6 Å². The molecule has 1 aliphatic heterocycles. The zero-order chi connectivity index (χ0) is 13.9. The van der Waals surface area contributed by atoms with E-state index in [9.17, 15) is 10.4 Å². The van der Waals surface area contributed by atoms with Crippen LogP contribution in [0.25, 0.3) is 0 Å². The summed E-state index contributed by atoms with van der Waals surface area (Å²) in [6.45, 7) is 2.59. The molecule has 0 aliphatic carbocycles. The fourth-order valence-corrected chi connectivity index (χ4v) is 2.58. The van der Waals surface area contributed by atoms with Crippen LogP contribution >= 0.6 is 0 Å². The van der Waals surface area contributed by atoms with E-state index >= 15 is 0 Å². The number of nitriles is 1. The zero-order valence-corrected chi connectivity index (χ0v) is 11.3. The van der Waals surface area contributed by atoms with Crippen LogP contribution in [0.1, 0.15) is 25.3 Å². The quantitative estimate of drug-likeness (QED) is 0.906. The third-order valence-corrected chi connectivity index (χ3v) is 4.02. The molecule has 2 atom stereocenters. The highest BCUT2D eigenvalue weighted by atomic mass is 16.5. The van der Waals surface area contributed by atoms with E-state index in [4.69, 9.17) is 9.47 Å². The standard InChI is InChI=1S/C15H19NO3/c1-14(17,12-5-3-6-13(9-12)18-2)15(10-16)7-4-8-19-11-15/h3,5-6,9,17H,4,7-8,11H2,1-2H3. The molecule has 102 valence electrons. The number of methoxy groups -OCH3 is 1. The fourth-order valence-electron chi connectivity index (χ4n) is 2.58. The Morgan fingerprint density at radius 1 is 1.53 bits per heavy atom. The molecule has 0 spiro atoms. The molecule has 0 saturated carbocycles. The van der Waals surface area contributed by atoms with E-state index in [1.165, 1.54) is 0 Å². The third kappa shape index (κ3) is 2.32. The highest BCUT2D eigenvalue weighted by molar-refractivity contribution is 5.35. The van der Waals surface area contributed by atoms with Crippen LogP contribution in [0.3, 0.4) is 0 Å². The van der Waals surface area contributed by atoms with Crippen LogP contribution in [0.2, 0.25) is 0 Å². The normalized spacial score (nSPS) is 26.2. The monoisotopic (exact) mass is 261 g/mol. The number of hydrogen-bond acceptors (Lipinski definition) is 4. The summed E-state index contributed by atoms with van der Waals surface area (Å²) in [5.74, 6) is 0.669. The Balaban J connectivity index is 2.41. The molecule has 4 heteroatoms. The van der Waals surface area contributed by atoms with Gasteiger partial charge in [0.15, 0.2) is 0 Å². The van der Waals surface area contributed by atoms with Gasteiger partial charge in [-0.15, -0.1) is 0 Å². The van der Waals surface area contributed by atoms with Gasteiger partial charge in [-0.2, -0.15) is 5.26 Å². The minimum Gasteiger partial charge on any atom is -0.497 e. The zero-order valence-electron chi connectivity index (χ0n) is 11.3. The van der Waals surface area contributed by atoms with Crippen LogP contribution in [-0.4, -0.2) is 25.4 Å². The molecule has 1 fully saturated rings. The van der Waals surface area contributed by atoms with Crippen LogP contribution in [0, 0.1) is 16.7 Å². The minimum absolute atomic E-state index is 0.258. The first-order valence-corrected chi connectivity index (χ1v) is 6.42. The number of rotatable bonds is 3. The van der Waals surface area contributed by atoms with E-state index in [1.807, 2.05) is 18.2 Å². The Morgan fingerprint density at radius 2 is 2.32 bits per heavy atom. The lowest BCUT2D eigenvalue weighted by Crippen LogP contribution is -2.48. The summed E-state index contributed by atoms with van der Waals surface area (Å²) in [6.07, 6.45) is 1.42. The van der Waals surface area contributed by atoms with Gasteiger partial charge in [0, 0.05) is 6.61 Å². The van der Waals surface area contributed by atoms with E-state index in [0.29, 0.717) is 24.3 Å². The molecule has 19 heavy (non-hydrogen) atoms. The van der Waals surface area contributed by atoms with Crippen molar-refractivity contribution in [3.8, 4) is 11.8 Å². The number of aliphatic hydroxyl groups is 1. The molecule has 1 aromatic carbocycles. The summed E-state index contributed by atoms with van der Waals surface area (Å²) in [5.41, 5.74) is -1.49. The molecule has 0 bridgehead atoms. The van der Waals surface area contributed by atoms with Gasteiger partial charge < -0.3 is 14.6 Å². The van der Waals surface area contributed by atoms with E-state index in [-0.39, 0.29) is 6.61 Å². The lowest BCUT2D eigenvalue weighted by Gasteiger charge is -2.42. The molecule has 1 aromatic rings. The molecule has 1 saturated heterocycles. The van der Waals surface area contributed by atoms with Gasteiger partial charge in [-0.25, -0.2) is 0 Å². The van der Waals surface area contributed by atoms with Gasteiger partial charge in [-0.1, -0.05) is 12.1 Å².